The lowest BCUT2D eigenvalue weighted by Crippen LogP contribution is -2.24. The fourth-order valence-corrected chi connectivity index (χ4v) is 3.18. The number of rotatable bonds is 4. The van der Waals surface area contributed by atoms with E-state index in [2.05, 4.69) is 11.3 Å². The number of hydrogen-bond donors (Lipinski definition) is 1. The van der Waals surface area contributed by atoms with Gasteiger partial charge in [-0.2, -0.15) is 0 Å². The Balaban J connectivity index is 2.91. The van der Waals surface area contributed by atoms with Crippen molar-refractivity contribution in [3.8, 4) is 0 Å². The first-order valence-electron chi connectivity index (χ1n) is 4.57. The van der Waals surface area contributed by atoms with Crippen LogP contribution in [-0.2, 0) is 10.0 Å². The van der Waals surface area contributed by atoms with Crippen LogP contribution in [0.2, 0.25) is 0 Å². The molecule has 0 saturated heterocycles. The van der Waals surface area contributed by atoms with E-state index in [1.54, 1.807) is 11.3 Å². The van der Waals surface area contributed by atoms with Gasteiger partial charge in [-0.1, -0.05) is 6.58 Å². The second kappa shape index (κ2) is 4.47. The van der Waals surface area contributed by atoms with Crippen molar-refractivity contribution in [2.75, 3.05) is 0 Å². The van der Waals surface area contributed by atoms with E-state index in [4.69, 9.17) is 0 Å². The fraction of sp³-hybridized carbons (Fsp3) is 0.400. The zero-order valence-corrected chi connectivity index (χ0v) is 10.7. The molecular formula is C10H15NO2S2. The molecule has 0 aromatic carbocycles. The normalized spacial score (nSPS) is 13.8. The average Bonchev–Trinajstić information content (AvgIpc) is 2.45. The molecule has 0 spiro atoms. The van der Waals surface area contributed by atoms with E-state index in [1.165, 1.54) is 4.88 Å². The van der Waals surface area contributed by atoms with Crippen LogP contribution < -0.4 is 4.72 Å². The van der Waals surface area contributed by atoms with Crippen LogP contribution in [0.15, 0.2) is 18.1 Å². The molecule has 0 fully saturated rings. The number of hydrogen-bond acceptors (Lipinski definition) is 3. The molecule has 3 nitrogen and oxygen atoms in total. The molecule has 84 valence electrons. The van der Waals surface area contributed by atoms with Crippen molar-refractivity contribution in [3.63, 3.8) is 0 Å². The maximum absolute atomic E-state index is 11.3. The summed E-state index contributed by atoms with van der Waals surface area (Å²) in [5.41, 5.74) is 1.03. The maximum Gasteiger partial charge on any atom is 0.233 e. The summed E-state index contributed by atoms with van der Waals surface area (Å²) in [6, 6.07) is 1.80. The quantitative estimate of drug-likeness (QED) is 0.886. The van der Waals surface area contributed by atoms with Gasteiger partial charge in [0, 0.05) is 21.2 Å². The van der Waals surface area contributed by atoms with Crippen LogP contribution >= 0.6 is 11.3 Å². The first kappa shape index (κ1) is 12.4. The smallest absolute Gasteiger partial charge is 0.208 e. The zero-order valence-electron chi connectivity index (χ0n) is 9.07. The summed E-state index contributed by atoms with van der Waals surface area (Å²) >= 11 is 1.67. The lowest BCUT2D eigenvalue weighted by atomic mass is 10.1. The van der Waals surface area contributed by atoms with Crippen molar-refractivity contribution in [2.45, 2.75) is 26.8 Å². The number of thiophene rings is 1. The van der Waals surface area contributed by atoms with Crippen molar-refractivity contribution < 1.29 is 8.42 Å². The Kier molecular flexibility index (Phi) is 3.70. The van der Waals surface area contributed by atoms with Crippen molar-refractivity contribution in [1.29, 1.82) is 0 Å². The van der Waals surface area contributed by atoms with Gasteiger partial charge in [0.25, 0.3) is 0 Å². The standard InChI is InChI=1S/C10H15NO2S2/c1-5-15(12,13)11-8(3)10-6-7(2)14-9(10)4/h5-6,8,11H,1H2,2-4H3. The van der Waals surface area contributed by atoms with Gasteiger partial charge >= 0.3 is 0 Å². The van der Waals surface area contributed by atoms with Crippen molar-refractivity contribution in [1.82, 2.24) is 4.72 Å². The molecule has 0 aliphatic heterocycles. The lowest BCUT2D eigenvalue weighted by Gasteiger charge is -2.11. The molecule has 0 aliphatic carbocycles. The summed E-state index contributed by atoms with van der Waals surface area (Å²) in [6.07, 6.45) is 0. The predicted molar refractivity (Wildman–Crippen MR) is 64.5 cm³/mol. The van der Waals surface area contributed by atoms with E-state index >= 15 is 0 Å². The molecule has 0 saturated carbocycles. The molecule has 1 heterocycles. The Bertz CT molecular complexity index is 460. The average molecular weight is 245 g/mol. The van der Waals surface area contributed by atoms with Crippen LogP contribution in [0, 0.1) is 13.8 Å². The second-order valence-electron chi connectivity index (χ2n) is 3.42. The highest BCUT2D eigenvalue weighted by atomic mass is 32.2. The summed E-state index contributed by atoms with van der Waals surface area (Å²) in [6.45, 7) is 9.09. The first-order valence-corrected chi connectivity index (χ1v) is 6.93. The van der Waals surface area contributed by atoms with Crippen LogP contribution in [0.1, 0.15) is 28.3 Å². The molecule has 5 heteroatoms. The third-order valence-corrected chi connectivity index (χ3v) is 4.21. The molecule has 0 amide bonds. The monoisotopic (exact) mass is 245 g/mol. The molecule has 0 aliphatic rings. The van der Waals surface area contributed by atoms with E-state index < -0.39 is 10.0 Å². The van der Waals surface area contributed by atoms with Crippen LogP contribution in [0.3, 0.4) is 0 Å². The topological polar surface area (TPSA) is 46.2 Å². The van der Waals surface area contributed by atoms with E-state index in [0.29, 0.717) is 0 Å². The van der Waals surface area contributed by atoms with E-state index in [1.807, 2.05) is 26.8 Å². The third kappa shape index (κ3) is 3.15. The van der Waals surface area contributed by atoms with Crippen LogP contribution in [0.4, 0.5) is 0 Å². The third-order valence-electron chi connectivity index (χ3n) is 2.11. The molecule has 0 bridgehead atoms. The van der Waals surface area contributed by atoms with Gasteiger partial charge in [-0.15, -0.1) is 11.3 Å². The van der Waals surface area contributed by atoms with Crippen LogP contribution in [0.5, 0.6) is 0 Å². The summed E-state index contributed by atoms with van der Waals surface area (Å²) in [5.74, 6) is 0. The van der Waals surface area contributed by atoms with Gasteiger partial charge in [0.2, 0.25) is 10.0 Å². The van der Waals surface area contributed by atoms with E-state index in [0.717, 1.165) is 15.8 Å². The molecule has 1 aromatic heterocycles. The van der Waals surface area contributed by atoms with Gasteiger partial charge < -0.3 is 0 Å². The Labute approximate surface area is 94.9 Å². The van der Waals surface area contributed by atoms with E-state index in [-0.39, 0.29) is 6.04 Å². The van der Waals surface area contributed by atoms with Gasteiger partial charge in [0.1, 0.15) is 0 Å². The number of nitrogens with one attached hydrogen (secondary N) is 1. The van der Waals surface area contributed by atoms with Gasteiger partial charge in [0.05, 0.1) is 0 Å². The van der Waals surface area contributed by atoms with Crippen LogP contribution in [0.25, 0.3) is 0 Å². The number of sulfonamides is 1. The van der Waals surface area contributed by atoms with Crippen LogP contribution in [-0.4, -0.2) is 8.42 Å². The number of aryl methyl sites for hydroxylation is 2. The molecule has 1 aromatic rings. The fourth-order valence-electron chi connectivity index (χ4n) is 1.44. The minimum atomic E-state index is -3.36. The van der Waals surface area contributed by atoms with Gasteiger partial charge in [0.15, 0.2) is 0 Å². The minimum absolute atomic E-state index is 0.210. The molecule has 1 N–H and O–H groups in total. The predicted octanol–water partition coefficient (Wildman–Crippen LogP) is 2.49. The van der Waals surface area contributed by atoms with Crippen molar-refractivity contribution >= 4 is 21.4 Å². The maximum atomic E-state index is 11.3. The Morgan fingerprint density at radius 2 is 2.13 bits per heavy atom. The highest BCUT2D eigenvalue weighted by Crippen LogP contribution is 2.26. The Morgan fingerprint density at radius 1 is 1.53 bits per heavy atom. The van der Waals surface area contributed by atoms with Gasteiger partial charge in [-0.3, -0.25) is 0 Å². The minimum Gasteiger partial charge on any atom is -0.208 e. The highest BCUT2D eigenvalue weighted by Gasteiger charge is 2.15. The summed E-state index contributed by atoms with van der Waals surface area (Å²) in [4.78, 5) is 2.33. The Hall–Kier alpha value is -0.650. The van der Waals surface area contributed by atoms with Gasteiger partial charge in [-0.05, 0) is 32.4 Å². The van der Waals surface area contributed by atoms with E-state index in [9.17, 15) is 8.42 Å². The molecule has 0 radical (unpaired) electrons. The largest absolute Gasteiger partial charge is 0.233 e. The lowest BCUT2D eigenvalue weighted by molar-refractivity contribution is 0.576. The summed E-state index contributed by atoms with van der Waals surface area (Å²) in [5, 5.41) is 0.929. The molecule has 15 heavy (non-hydrogen) atoms. The Morgan fingerprint density at radius 3 is 2.53 bits per heavy atom. The highest BCUT2D eigenvalue weighted by molar-refractivity contribution is 7.92. The van der Waals surface area contributed by atoms with Gasteiger partial charge in [-0.25, -0.2) is 13.1 Å². The summed E-state index contributed by atoms with van der Waals surface area (Å²) in [7, 11) is -3.36. The molecule has 1 rings (SSSR count). The second-order valence-corrected chi connectivity index (χ2v) is 6.54. The zero-order chi connectivity index (χ0) is 11.6. The molecule has 1 unspecified atom stereocenters. The molecular weight excluding hydrogens is 230 g/mol. The van der Waals surface area contributed by atoms with Crippen molar-refractivity contribution in [2.24, 2.45) is 0 Å². The first-order chi connectivity index (χ1) is 6.85. The molecule has 1 atom stereocenters. The summed E-state index contributed by atoms with van der Waals surface area (Å²) < 4.78 is 25.1. The van der Waals surface area contributed by atoms with Crippen molar-refractivity contribution in [3.05, 3.63) is 33.4 Å². The SMILES string of the molecule is C=CS(=O)(=O)NC(C)c1cc(C)sc1C.